The third-order valence-electron chi connectivity index (χ3n) is 3.54. The molecule has 1 aromatic rings. The van der Waals surface area contributed by atoms with E-state index in [0.717, 1.165) is 19.4 Å². The molecule has 1 amide bonds. The number of nitrogens with zero attached hydrogens (tertiary/aromatic N) is 3. The third-order valence-corrected chi connectivity index (χ3v) is 3.54. The van der Waals surface area contributed by atoms with Crippen molar-refractivity contribution in [2.45, 2.75) is 25.2 Å². The zero-order chi connectivity index (χ0) is 13.3. The van der Waals surface area contributed by atoms with E-state index in [2.05, 4.69) is 5.10 Å². The molecule has 2 fully saturated rings. The van der Waals surface area contributed by atoms with Gasteiger partial charge in [-0.15, -0.1) is 0 Å². The summed E-state index contributed by atoms with van der Waals surface area (Å²) in [6, 6.07) is 1.67. The predicted octanol–water partition coefficient (Wildman–Crippen LogP) is -0.169. The van der Waals surface area contributed by atoms with E-state index in [1.165, 1.54) is 0 Å². The van der Waals surface area contributed by atoms with Crippen LogP contribution in [0.2, 0.25) is 0 Å². The van der Waals surface area contributed by atoms with Gasteiger partial charge >= 0.3 is 0 Å². The highest BCUT2D eigenvalue weighted by Gasteiger charge is 2.41. The Balaban J connectivity index is 1.63. The van der Waals surface area contributed by atoms with Gasteiger partial charge in [0, 0.05) is 19.2 Å². The van der Waals surface area contributed by atoms with Gasteiger partial charge in [0.1, 0.15) is 12.4 Å². The van der Waals surface area contributed by atoms with Gasteiger partial charge in [-0.1, -0.05) is 0 Å². The van der Waals surface area contributed by atoms with Gasteiger partial charge in [0.15, 0.2) is 5.79 Å². The van der Waals surface area contributed by atoms with Crippen LogP contribution in [-0.4, -0.2) is 52.7 Å². The van der Waals surface area contributed by atoms with Crippen molar-refractivity contribution in [1.29, 1.82) is 0 Å². The van der Waals surface area contributed by atoms with Crippen LogP contribution in [-0.2, 0) is 20.8 Å². The summed E-state index contributed by atoms with van der Waals surface area (Å²) in [4.78, 5) is 14.0. The summed E-state index contributed by atoms with van der Waals surface area (Å²) in [5.74, 6) is -0.136. The Hall–Kier alpha value is -1.60. The Labute approximate surface area is 111 Å². The molecular weight excluding hydrogens is 248 g/mol. The molecule has 0 bridgehead atoms. The Morgan fingerprint density at radius 1 is 1.47 bits per heavy atom. The number of rotatable bonds is 2. The molecule has 19 heavy (non-hydrogen) atoms. The zero-order valence-corrected chi connectivity index (χ0v) is 10.7. The Morgan fingerprint density at radius 2 is 2.26 bits per heavy atom. The molecule has 2 aliphatic rings. The molecule has 1 aromatic heterocycles. The van der Waals surface area contributed by atoms with Gasteiger partial charge in [0.05, 0.1) is 19.8 Å². The lowest BCUT2D eigenvalue weighted by molar-refractivity contribution is -0.193. The molecule has 2 N–H and O–H groups in total. The first-order valence-electron chi connectivity index (χ1n) is 6.52. The van der Waals surface area contributed by atoms with Crippen molar-refractivity contribution in [2.75, 3.05) is 32.0 Å². The Morgan fingerprint density at radius 3 is 2.95 bits per heavy atom. The first-order valence-corrected chi connectivity index (χ1v) is 6.52. The molecule has 0 saturated carbocycles. The molecule has 0 radical (unpaired) electrons. The molecule has 0 aliphatic carbocycles. The van der Waals surface area contributed by atoms with Crippen molar-refractivity contribution in [3.8, 4) is 0 Å². The summed E-state index contributed by atoms with van der Waals surface area (Å²) in [7, 11) is 0. The second-order valence-electron chi connectivity index (χ2n) is 4.96. The van der Waals surface area contributed by atoms with Gasteiger partial charge in [0.2, 0.25) is 5.91 Å². The number of carbonyl (C=O) groups excluding carboxylic acids is 1. The van der Waals surface area contributed by atoms with Crippen molar-refractivity contribution >= 4 is 11.7 Å². The second kappa shape index (κ2) is 4.82. The highest BCUT2D eigenvalue weighted by molar-refractivity contribution is 5.76. The number of carbonyl (C=O) groups is 1. The third kappa shape index (κ3) is 2.57. The lowest BCUT2D eigenvalue weighted by Crippen LogP contribution is -2.51. The lowest BCUT2D eigenvalue weighted by atomic mass is 10.0. The van der Waals surface area contributed by atoms with E-state index in [-0.39, 0.29) is 12.5 Å². The highest BCUT2D eigenvalue weighted by Crippen LogP contribution is 2.30. The molecule has 0 unspecified atom stereocenters. The van der Waals surface area contributed by atoms with Crippen LogP contribution >= 0.6 is 0 Å². The monoisotopic (exact) mass is 266 g/mol. The maximum Gasteiger partial charge on any atom is 0.244 e. The van der Waals surface area contributed by atoms with Crippen LogP contribution in [0.25, 0.3) is 0 Å². The van der Waals surface area contributed by atoms with E-state index in [9.17, 15) is 4.79 Å². The number of ether oxygens (including phenoxy) is 2. The van der Waals surface area contributed by atoms with Crippen molar-refractivity contribution in [3.63, 3.8) is 0 Å². The van der Waals surface area contributed by atoms with Gasteiger partial charge in [-0.25, -0.2) is 0 Å². The summed E-state index contributed by atoms with van der Waals surface area (Å²) < 4.78 is 12.9. The fourth-order valence-corrected chi connectivity index (χ4v) is 2.64. The molecule has 7 nitrogen and oxygen atoms in total. The van der Waals surface area contributed by atoms with Crippen LogP contribution in [0.5, 0.6) is 0 Å². The molecule has 2 aliphatic heterocycles. The predicted molar refractivity (Wildman–Crippen MR) is 67.1 cm³/mol. The second-order valence-corrected chi connectivity index (χ2v) is 4.96. The topological polar surface area (TPSA) is 82.6 Å². The van der Waals surface area contributed by atoms with Gasteiger partial charge in [-0.2, -0.15) is 5.10 Å². The molecule has 2 saturated heterocycles. The summed E-state index contributed by atoms with van der Waals surface area (Å²) in [5, 5.41) is 4.02. The number of hydrogen-bond donors (Lipinski definition) is 1. The van der Waals surface area contributed by atoms with Gasteiger partial charge in [-0.3, -0.25) is 9.48 Å². The van der Waals surface area contributed by atoms with Crippen LogP contribution in [0.4, 0.5) is 5.82 Å². The van der Waals surface area contributed by atoms with Crippen LogP contribution in [0.1, 0.15) is 12.8 Å². The molecule has 7 heteroatoms. The van der Waals surface area contributed by atoms with Crippen LogP contribution in [0, 0.1) is 0 Å². The first-order chi connectivity index (χ1) is 9.17. The minimum absolute atomic E-state index is 0.0151. The maximum atomic E-state index is 12.2. The molecule has 0 atom stereocenters. The smallest absolute Gasteiger partial charge is 0.244 e. The van der Waals surface area contributed by atoms with E-state index in [4.69, 9.17) is 15.2 Å². The number of nitrogens with two attached hydrogens (primary N) is 1. The number of amides is 1. The fraction of sp³-hybridized carbons (Fsp3) is 0.667. The summed E-state index contributed by atoms with van der Waals surface area (Å²) in [5.41, 5.74) is 5.53. The Bertz CT molecular complexity index is 467. The maximum absolute atomic E-state index is 12.2. The molecule has 0 aromatic carbocycles. The number of hydrogen-bond acceptors (Lipinski definition) is 5. The Kier molecular flexibility index (Phi) is 3.16. The van der Waals surface area contributed by atoms with Gasteiger partial charge in [0.25, 0.3) is 0 Å². The van der Waals surface area contributed by atoms with E-state index in [1.54, 1.807) is 21.8 Å². The SMILES string of the molecule is Nc1ccn(CC(=O)N2CCCC3(C2)OCCO3)n1. The molecule has 1 spiro atoms. The van der Waals surface area contributed by atoms with E-state index in [0.29, 0.717) is 25.6 Å². The normalized spacial score (nSPS) is 22.0. The minimum Gasteiger partial charge on any atom is -0.382 e. The number of anilines is 1. The van der Waals surface area contributed by atoms with Crippen LogP contribution < -0.4 is 5.73 Å². The average molecular weight is 266 g/mol. The van der Waals surface area contributed by atoms with Crippen molar-refractivity contribution in [1.82, 2.24) is 14.7 Å². The fourth-order valence-electron chi connectivity index (χ4n) is 2.64. The summed E-state index contributed by atoms with van der Waals surface area (Å²) in [6.45, 7) is 2.66. The zero-order valence-electron chi connectivity index (χ0n) is 10.7. The molecular formula is C12H18N4O3. The lowest BCUT2D eigenvalue weighted by Gasteiger charge is -2.38. The van der Waals surface area contributed by atoms with Crippen LogP contribution in [0.15, 0.2) is 12.3 Å². The largest absolute Gasteiger partial charge is 0.382 e. The quantitative estimate of drug-likeness (QED) is 0.803. The van der Waals surface area contributed by atoms with E-state index < -0.39 is 5.79 Å². The van der Waals surface area contributed by atoms with E-state index in [1.807, 2.05) is 0 Å². The summed E-state index contributed by atoms with van der Waals surface area (Å²) >= 11 is 0. The minimum atomic E-state index is -0.572. The number of likely N-dealkylation sites (tertiary alicyclic amines) is 1. The van der Waals surface area contributed by atoms with Crippen molar-refractivity contribution in [3.05, 3.63) is 12.3 Å². The van der Waals surface area contributed by atoms with Crippen molar-refractivity contribution < 1.29 is 14.3 Å². The molecule has 3 rings (SSSR count). The average Bonchev–Trinajstić information content (AvgIpc) is 3.00. The standard InChI is InChI=1S/C12H18N4O3/c13-10-2-5-16(14-10)8-11(17)15-4-1-3-12(9-15)18-6-7-19-12/h2,5H,1,3-4,6-9H2,(H2,13,14). The number of nitrogen functional groups attached to an aromatic ring is 1. The molecule has 104 valence electrons. The van der Waals surface area contributed by atoms with Gasteiger partial charge in [-0.05, 0) is 12.5 Å². The number of piperidine rings is 1. The van der Waals surface area contributed by atoms with E-state index >= 15 is 0 Å². The number of aromatic nitrogens is 2. The first kappa shape index (κ1) is 12.4. The van der Waals surface area contributed by atoms with Crippen LogP contribution in [0.3, 0.4) is 0 Å². The molecule has 3 heterocycles. The van der Waals surface area contributed by atoms with Gasteiger partial charge < -0.3 is 20.1 Å². The summed E-state index contributed by atoms with van der Waals surface area (Å²) in [6.07, 6.45) is 3.45. The van der Waals surface area contributed by atoms with Crippen molar-refractivity contribution in [2.24, 2.45) is 0 Å². The highest BCUT2D eigenvalue weighted by atomic mass is 16.7.